The van der Waals surface area contributed by atoms with Gasteiger partial charge in [0.1, 0.15) is 17.7 Å². The van der Waals surface area contributed by atoms with Crippen molar-refractivity contribution in [1.29, 1.82) is 0 Å². The molecular weight excluding hydrogens is 271 g/mol. The molecule has 108 valence electrons. The van der Waals surface area contributed by atoms with Crippen LogP contribution in [0.2, 0.25) is 0 Å². The number of halogens is 1. The van der Waals surface area contributed by atoms with Gasteiger partial charge in [-0.2, -0.15) is 0 Å². The van der Waals surface area contributed by atoms with Gasteiger partial charge in [-0.05, 0) is 35.9 Å². The maximum absolute atomic E-state index is 13.7. The van der Waals surface area contributed by atoms with Crippen molar-refractivity contribution in [2.24, 2.45) is 0 Å². The van der Waals surface area contributed by atoms with E-state index >= 15 is 0 Å². The molecular formula is C16H15FN2O2. The number of furan rings is 1. The first kappa shape index (κ1) is 13.7. The largest absolute Gasteiger partial charge is 0.467 e. The van der Waals surface area contributed by atoms with Gasteiger partial charge in [-0.15, -0.1) is 0 Å². The molecule has 2 aromatic heterocycles. The fourth-order valence-electron chi connectivity index (χ4n) is 2.26. The Morgan fingerprint density at radius 3 is 2.95 bits per heavy atom. The average molecular weight is 286 g/mol. The van der Waals surface area contributed by atoms with Crippen LogP contribution in [0.5, 0.6) is 0 Å². The summed E-state index contributed by atoms with van der Waals surface area (Å²) in [5.74, 6) is 0.238. The predicted octanol–water partition coefficient (Wildman–Crippen LogP) is 2.79. The van der Waals surface area contributed by atoms with Crippen molar-refractivity contribution < 1.29 is 13.9 Å². The number of nitrogens with one attached hydrogen (secondary N) is 1. The smallest absolute Gasteiger partial charge is 0.133 e. The molecule has 2 N–H and O–H groups in total. The van der Waals surface area contributed by atoms with Gasteiger partial charge in [0.25, 0.3) is 0 Å². The van der Waals surface area contributed by atoms with Gasteiger partial charge in [-0.1, -0.05) is 6.07 Å². The Morgan fingerprint density at radius 2 is 2.14 bits per heavy atom. The molecule has 0 spiro atoms. The van der Waals surface area contributed by atoms with Gasteiger partial charge < -0.3 is 14.8 Å². The lowest BCUT2D eigenvalue weighted by Crippen LogP contribution is -2.21. The summed E-state index contributed by atoms with van der Waals surface area (Å²) >= 11 is 0. The minimum Gasteiger partial charge on any atom is -0.467 e. The van der Waals surface area contributed by atoms with E-state index < -0.39 is 6.10 Å². The quantitative estimate of drug-likeness (QED) is 0.757. The number of hydrogen-bond acceptors (Lipinski definition) is 4. The Balaban J connectivity index is 1.70. The van der Waals surface area contributed by atoms with Crippen LogP contribution in [-0.4, -0.2) is 16.6 Å². The van der Waals surface area contributed by atoms with Crippen LogP contribution in [0.15, 0.2) is 53.3 Å². The molecule has 0 aliphatic carbocycles. The number of aliphatic hydroxyl groups is 1. The minimum atomic E-state index is -0.709. The molecule has 0 radical (unpaired) electrons. The van der Waals surface area contributed by atoms with Crippen LogP contribution in [0.3, 0.4) is 0 Å². The second-order valence-electron chi connectivity index (χ2n) is 4.77. The molecule has 0 aliphatic rings. The highest BCUT2D eigenvalue weighted by Crippen LogP contribution is 2.19. The number of rotatable bonds is 5. The van der Waals surface area contributed by atoms with Gasteiger partial charge >= 0.3 is 0 Å². The highest BCUT2D eigenvalue weighted by molar-refractivity contribution is 5.82. The fraction of sp³-hybridized carbons (Fsp3) is 0.188. The van der Waals surface area contributed by atoms with E-state index in [0.717, 1.165) is 5.56 Å². The Morgan fingerprint density at radius 1 is 1.24 bits per heavy atom. The number of hydrogen-bond donors (Lipinski definition) is 2. The van der Waals surface area contributed by atoms with E-state index in [1.807, 2.05) is 0 Å². The van der Waals surface area contributed by atoms with Crippen molar-refractivity contribution in [1.82, 2.24) is 10.3 Å². The van der Waals surface area contributed by atoms with E-state index in [4.69, 9.17) is 4.42 Å². The van der Waals surface area contributed by atoms with E-state index in [9.17, 15) is 9.50 Å². The summed E-state index contributed by atoms with van der Waals surface area (Å²) in [6.45, 7) is 0.838. The van der Waals surface area contributed by atoms with Crippen molar-refractivity contribution in [2.45, 2.75) is 12.6 Å². The highest BCUT2D eigenvalue weighted by Gasteiger charge is 2.11. The maximum Gasteiger partial charge on any atom is 0.133 e. The Bertz CT molecular complexity index is 728. The lowest BCUT2D eigenvalue weighted by atomic mass is 10.1. The number of fused-ring (bicyclic) bond motifs is 1. The van der Waals surface area contributed by atoms with Crippen LogP contribution in [0.1, 0.15) is 17.4 Å². The summed E-state index contributed by atoms with van der Waals surface area (Å²) in [5, 5.41) is 13.5. The van der Waals surface area contributed by atoms with Gasteiger partial charge in [0.15, 0.2) is 0 Å². The second-order valence-corrected chi connectivity index (χ2v) is 4.77. The molecule has 0 fully saturated rings. The molecule has 0 aliphatic heterocycles. The summed E-state index contributed by atoms with van der Waals surface area (Å²) in [4.78, 5) is 4.23. The van der Waals surface area contributed by atoms with Crippen LogP contribution in [0.4, 0.5) is 4.39 Å². The molecule has 3 aromatic rings. The number of benzene rings is 1. The van der Waals surface area contributed by atoms with Crippen molar-refractivity contribution in [3.63, 3.8) is 0 Å². The Labute approximate surface area is 121 Å². The minimum absolute atomic E-state index is 0.280. The number of pyridine rings is 1. The normalized spacial score (nSPS) is 12.7. The molecule has 3 rings (SSSR count). The van der Waals surface area contributed by atoms with Gasteiger partial charge in [0.05, 0.1) is 11.8 Å². The van der Waals surface area contributed by atoms with E-state index in [1.54, 1.807) is 36.5 Å². The monoisotopic (exact) mass is 286 g/mol. The van der Waals surface area contributed by atoms with Gasteiger partial charge in [0, 0.05) is 24.7 Å². The van der Waals surface area contributed by atoms with Crippen LogP contribution in [0.25, 0.3) is 10.9 Å². The zero-order valence-corrected chi connectivity index (χ0v) is 11.3. The molecule has 0 bridgehead atoms. The second kappa shape index (κ2) is 6.03. The first-order chi connectivity index (χ1) is 10.3. The van der Waals surface area contributed by atoms with Gasteiger partial charge in [-0.25, -0.2) is 4.39 Å². The molecule has 0 amide bonds. The summed E-state index contributed by atoms with van der Waals surface area (Å²) in [6.07, 6.45) is 2.46. The number of nitrogens with zero attached hydrogens (tertiary/aromatic N) is 1. The van der Waals surface area contributed by atoms with Crippen LogP contribution in [0, 0.1) is 5.82 Å². The van der Waals surface area contributed by atoms with Crippen LogP contribution < -0.4 is 5.32 Å². The van der Waals surface area contributed by atoms with Crippen molar-refractivity contribution in [3.05, 3.63) is 66.0 Å². The first-order valence-electron chi connectivity index (χ1n) is 6.70. The molecule has 5 heteroatoms. The molecule has 1 aromatic carbocycles. The third-order valence-electron chi connectivity index (χ3n) is 3.32. The number of aromatic nitrogens is 1. The molecule has 0 saturated heterocycles. The molecule has 2 heterocycles. The third-order valence-corrected chi connectivity index (χ3v) is 3.32. The van der Waals surface area contributed by atoms with Crippen LogP contribution >= 0.6 is 0 Å². The summed E-state index contributed by atoms with van der Waals surface area (Å²) in [7, 11) is 0. The highest BCUT2D eigenvalue weighted by atomic mass is 19.1. The van der Waals surface area contributed by atoms with Crippen molar-refractivity contribution >= 4 is 10.9 Å². The third kappa shape index (κ3) is 2.94. The van der Waals surface area contributed by atoms with Crippen molar-refractivity contribution in [3.8, 4) is 0 Å². The summed E-state index contributed by atoms with van der Waals surface area (Å²) in [5.41, 5.74) is 1.52. The zero-order valence-electron chi connectivity index (χ0n) is 11.3. The topological polar surface area (TPSA) is 58.3 Å². The molecule has 21 heavy (non-hydrogen) atoms. The Kier molecular flexibility index (Phi) is 3.94. The standard InChI is InChI=1S/C16H15FN2O2/c17-13-6-5-11(16-12(13)3-1-7-19-16)9-18-10-14(20)15-4-2-8-21-15/h1-8,14,18,20H,9-10H2. The molecule has 1 atom stereocenters. The SMILES string of the molecule is OC(CNCc1ccc(F)c2cccnc12)c1ccco1. The van der Waals surface area contributed by atoms with E-state index in [1.165, 1.54) is 12.3 Å². The molecule has 0 saturated carbocycles. The fourth-order valence-corrected chi connectivity index (χ4v) is 2.26. The summed E-state index contributed by atoms with van der Waals surface area (Å²) < 4.78 is 18.8. The maximum atomic E-state index is 13.7. The number of aliphatic hydroxyl groups excluding tert-OH is 1. The van der Waals surface area contributed by atoms with E-state index in [-0.39, 0.29) is 5.82 Å². The van der Waals surface area contributed by atoms with Crippen LogP contribution in [-0.2, 0) is 6.54 Å². The average Bonchev–Trinajstić information content (AvgIpc) is 3.04. The first-order valence-corrected chi connectivity index (χ1v) is 6.70. The zero-order chi connectivity index (χ0) is 14.7. The lowest BCUT2D eigenvalue weighted by molar-refractivity contribution is 0.147. The Hall–Kier alpha value is -2.24. The van der Waals surface area contributed by atoms with Gasteiger partial charge in [0.2, 0.25) is 0 Å². The van der Waals surface area contributed by atoms with E-state index in [0.29, 0.717) is 29.8 Å². The molecule has 4 nitrogen and oxygen atoms in total. The lowest BCUT2D eigenvalue weighted by Gasteiger charge is -2.11. The predicted molar refractivity (Wildman–Crippen MR) is 77.1 cm³/mol. The molecule has 1 unspecified atom stereocenters. The summed E-state index contributed by atoms with van der Waals surface area (Å²) in [6, 6.07) is 10.0. The van der Waals surface area contributed by atoms with Crippen molar-refractivity contribution in [2.75, 3.05) is 6.54 Å². The van der Waals surface area contributed by atoms with Gasteiger partial charge in [-0.3, -0.25) is 4.98 Å². The van der Waals surface area contributed by atoms with E-state index in [2.05, 4.69) is 10.3 Å².